The number of carbonyl (C=O) groups is 3. The Morgan fingerprint density at radius 2 is 1.52 bits per heavy atom. The van der Waals surface area contributed by atoms with Crippen LogP contribution in [0.25, 0.3) is 0 Å². The fourth-order valence-electron chi connectivity index (χ4n) is 2.87. The Morgan fingerprint density at radius 3 is 2.13 bits per heavy atom. The number of ketones is 1. The molecule has 154 valence electrons. The molecule has 6 nitrogen and oxygen atoms in total. The van der Waals surface area contributed by atoms with Gasteiger partial charge in [0.25, 0.3) is 5.91 Å². The summed E-state index contributed by atoms with van der Waals surface area (Å²) in [4.78, 5) is 38.0. The maximum Gasteiger partial charge on any atom is 0.339 e. The SMILES string of the molecule is Cc1ccc(C(=O)c2ccccc2C(=O)O[C@@H](C)C(=O)Nc2ccc(C#N)cc2)cc1. The fourth-order valence-corrected chi connectivity index (χ4v) is 2.87. The van der Waals surface area contributed by atoms with Crippen molar-refractivity contribution < 1.29 is 19.1 Å². The summed E-state index contributed by atoms with van der Waals surface area (Å²) in [5.74, 6) is -1.60. The van der Waals surface area contributed by atoms with Crippen molar-refractivity contribution in [1.82, 2.24) is 0 Å². The van der Waals surface area contributed by atoms with Crippen LogP contribution in [0.15, 0.2) is 72.8 Å². The quantitative estimate of drug-likeness (QED) is 0.481. The monoisotopic (exact) mass is 412 g/mol. The van der Waals surface area contributed by atoms with Gasteiger partial charge < -0.3 is 10.1 Å². The lowest BCUT2D eigenvalue weighted by Gasteiger charge is -2.15. The van der Waals surface area contributed by atoms with Crippen molar-refractivity contribution >= 4 is 23.3 Å². The van der Waals surface area contributed by atoms with Crippen LogP contribution in [0.2, 0.25) is 0 Å². The summed E-state index contributed by atoms with van der Waals surface area (Å²) in [5, 5.41) is 11.5. The summed E-state index contributed by atoms with van der Waals surface area (Å²) in [5.41, 5.74) is 2.71. The number of hydrogen-bond acceptors (Lipinski definition) is 5. The molecule has 0 spiro atoms. The third kappa shape index (κ3) is 5.22. The van der Waals surface area contributed by atoms with Crippen LogP contribution < -0.4 is 5.32 Å². The van der Waals surface area contributed by atoms with Crippen LogP contribution in [0.3, 0.4) is 0 Å². The zero-order chi connectivity index (χ0) is 22.4. The molecule has 0 fully saturated rings. The second-order valence-corrected chi connectivity index (χ2v) is 6.97. The van der Waals surface area contributed by atoms with Gasteiger partial charge >= 0.3 is 5.97 Å². The molecular weight excluding hydrogens is 392 g/mol. The highest BCUT2D eigenvalue weighted by Gasteiger charge is 2.23. The Labute approximate surface area is 180 Å². The summed E-state index contributed by atoms with van der Waals surface area (Å²) in [7, 11) is 0. The first-order valence-corrected chi connectivity index (χ1v) is 9.61. The van der Waals surface area contributed by atoms with Crippen molar-refractivity contribution in [2.45, 2.75) is 20.0 Å². The number of hydrogen-bond donors (Lipinski definition) is 1. The van der Waals surface area contributed by atoms with Crippen LogP contribution in [-0.2, 0) is 9.53 Å². The van der Waals surface area contributed by atoms with E-state index in [9.17, 15) is 14.4 Å². The van der Waals surface area contributed by atoms with Gasteiger partial charge in [-0.3, -0.25) is 9.59 Å². The van der Waals surface area contributed by atoms with Crippen LogP contribution in [0, 0.1) is 18.3 Å². The van der Waals surface area contributed by atoms with Gasteiger partial charge in [0.2, 0.25) is 0 Å². The number of esters is 1. The maximum atomic E-state index is 12.9. The number of aryl methyl sites for hydroxylation is 1. The average Bonchev–Trinajstić information content (AvgIpc) is 2.79. The number of nitrogens with zero attached hydrogens (tertiary/aromatic N) is 1. The van der Waals surface area contributed by atoms with Crippen LogP contribution >= 0.6 is 0 Å². The van der Waals surface area contributed by atoms with E-state index in [1.165, 1.54) is 13.0 Å². The van der Waals surface area contributed by atoms with Crippen molar-refractivity contribution in [3.8, 4) is 6.07 Å². The number of nitrogens with one attached hydrogen (secondary N) is 1. The van der Waals surface area contributed by atoms with Crippen LogP contribution in [-0.4, -0.2) is 23.8 Å². The molecule has 1 amide bonds. The Balaban J connectivity index is 1.72. The van der Waals surface area contributed by atoms with Crippen LogP contribution in [0.1, 0.15) is 44.3 Å². The Morgan fingerprint density at radius 1 is 0.903 bits per heavy atom. The first kappa shape index (κ1) is 21.5. The standard InChI is InChI=1S/C25H20N2O4/c1-16-7-11-19(12-8-16)23(28)21-5-3-4-6-22(21)25(30)31-17(2)24(29)27-20-13-9-18(15-26)10-14-20/h3-14,17H,1-2H3,(H,27,29)/t17-/m0/s1. The molecule has 6 heteroatoms. The summed E-state index contributed by atoms with van der Waals surface area (Å²) in [6.45, 7) is 3.37. The van der Waals surface area contributed by atoms with Crippen LogP contribution in [0.5, 0.6) is 0 Å². The van der Waals surface area contributed by atoms with Gasteiger partial charge in [-0.25, -0.2) is 4.79 Å². The number of ether oxygens (including phenoxy) is 1. The summed E-state index contributed by atoms with van der Waals surface area (Å²) < 4.78 is 5.31. The van der Waals surface area contributed by atoms with Crippen molar-refractivity contribution in [2.75, 3.05) is 5.32 Å². The number of anilines is 1. The van der Waals surface area contributed by atoms with E-state index in [1.807, 2.05) is 25.1 Å². The fraction of sp³-hybridized carbons (Fsp3) is 0.120. The second-order valence-electron chi connectivity index (χ2n) is 6.97. The number of amides is 1. The molecule has 0 aliphatic rings. The van der Waals surface area contributed by atoms with Gasteiger partial charge in [0, 0.05) is 16.8 Å². The molecule has 3 aromatic carbocycles. The zero-order valence-corrected chi connectivity index (χ0v) is 17.1. The molecule has 0 saturated carbocycles. The molecule has 3 rings (SSSR count). The Hall–Kier alpha value is -4.24. The highest BCUT2D eigenvalue weighted by molar-refractivity contribution is 6.14. The van der Waals surface area contributed by atoms with Crippen molar-refractivity contribution in [3.63, 3.8) is 0 Å². The lowest BCUT2D eigenvalue weighted by molar-refractivity contribution is -0.123. The summed E-state index contributed by atoms with van der Waals surface area (Å²) in [6, 6.07) is 21.7. The molecule has 0 aliphatic carbocycles. The molecule has 31 heavy (non-hydrogen) atoms. The average molecular weight is 412 g/mol. The van der Waals surface area contributed by atoms with Gasteiger partial charge in [-0.05, 0) is 44.2 Å². The van der Waals surface area contributed by atoms with E-state index in [-0.39, 0.29) is 16.9 Å². The van der Waals surface area contributed by atoms with Gasteiger partial charge in [-0.15, -0.1) is 0 Å². The molecule has 0 aromatic heterocycles. The molecule has 0 unspecified atom stereocenters. The molecule has 0 saturated heterocycles. The predicted octanol–water partition coefficient (Wildman–Crippen LogP) is 4.28. The largest absolute Gasteiger partial charge is 0.449 e. The molecule has 0 heterocycles. The van der Waals surface area contributed by atoms with Gasteiger partial charge in [-0.2, -0.15) is 5.26 Å². The van der Waals surface area contributed by atoms with Crippen molar-refractivity contribution in [3.05, 3.63) is 101 Å². The molecular formula is C25H20N2O4. The minimum Gasteiger partial charge on any atom is -0.449 e. The third-order valence-corrected chi connectivity index (χ3v) is 4.64. The molecule has 1 N–H and O–H groups in total. The number of rotatable bonds is 6. The smallest absolute Gasteiger partial charge is 0.339 e. The number of benzene rings is 3. The van der Waals surface area contributed by atoms with E-state index in [4.69, 9.17) is 10.00 Å². The highest BCUT2D eigenvalue weighted by atomic mass is 16.5. The van der Waals surface area contributed by atoms with Gasteiger partial charge in [0.1, 0.15) is 0 Å². The van der Waals surface area contributed by atoms with E-state index >= 15 is 0 Å². The van der Waals surface area contributed by atoms with E-state index in [2.05, 4.69) is 5.32 Å². The van der Waals surface area contributed by atoms with Gasteiger partial charge in [0.05, 0.1) is 17.2 Å². The molecule has 1 atom stereocenters. The van der Waals surface area contributed by atoms with Gasteiger partial charge in [-0.1, -0.05) is 48.0 Å². The first-order valence-electron chi connectivity index (χ1n) is 9.61. The minimum absolute atomic E-state index is 0.0890. The molecule has 0 aliphatic heterocycles. The molecule has 3 aromatic rings. The Bertz CT molecular complexity index is 1160. The highest BCUT2D eigenvalue weighted by Crippen LogP contribution is 2.18. The minimum atomic E-state index is -1.09. The van der Waals surface area contributed by atoms with Crippen molar-refractivity contribution in [2.24, 2.45) is 0 Å². The van der Waals surface area contributed by atoms with E-state index in [0.29, 0.717) is 16.8 Å². The first-order chi connectivity index (χ1) is 14.9. The van der Waals surface area contributed by atoms with Crippen molar-refractivity contribution in [1.29, 1.82) is 5.26 Å². The topological polar surface area (TPSA) is 96.3 Å². The lowest BCUT2D eigenvalue weighted by atomic mass is 9.98. The van der Waals surface area contributed by atoms with E-state index in [0.717, 1.165) is 5.56 Å². The van der Waals surface area contributed by atoms with E-state index in [1.54, 1.807) is 54.6 Å². The summed E-state index contributed by atoms with van der Waals surface area (Å²) >= 11 is 0. The summed E-state index contributed by atoms with van der Waals surface area (Å²) in [6.07, 6.45) is -1.09. The molecule has 0 radical (unpaired) electrons. The zero-order valence-electron chi connectivity index (χ0n) is 17.1. The number of nitriles is 1. The third-order valence-electron chi connectivity index (χ3n) is 4.64. The Kier molecular flexibility index (Phi) is 6.58. The molecule has 0 bridgehead atoms. The van der Waals surface area contributed by atoms with E-state index < -0.39 is 18.0 Å². The van der Waals surface area contributed by atoms with Gasteiger partial charge in [0.15, 0.2) is 11.9 Å². The normalized spacial score (nSPS) is 11.1. The second kappa shape index (κ2) is 9.51. The predicted molar refractivity (Wildman–Crippen MR) is 116 cm³/mol. The number of carbonyl (C=O) groups excluding carboxylic acids is 3. The van der Waals surface area contributed by atoms with Crippen LogP contribution in [0.4, 0.5) is 5.69 Å². The lowest BCUT2D eigenvalue weighted by Crippen LogP contribution is -2.30. The maximum absolute atomic E-state index is 12.9.